The molecule has 1 fully saturated rings. The Morgan fingerprint density at radius 3 is 2.70 bits per heavy atom. The predicted octanol–water partition coefficient (Wildman–Crippen LogP) is 4.17. The highest BCUT2D eigenvalue weighted by Crippen LogP contribution is 2.43. The molecule has 0 unspecified atom stereocenters. The van der Waals surface area contributed by atoms with Crippen LogP contribution in [0.15, 0.2) is 41.3 Å². The number of carbonyl (C=O) groups is 1. The van der Waals surface area contributed by atoms with Crippen molar-refractivity contribution in [1.29, 1.82) is 0 Å². The van der Waals surface area contributed by atoms with Crippen molar-refractivity contribution in [1.82, 2.24) is 0 Å². The first-order chi connectivity index (χ1) is 9.74. The summed E-state index contributed by atoms with van der Waals surface area (Å²) in [6.45, 7) is 0.528. The Morgan fingerprint density at radius 2 is 2.10 bits per heavy atom. The molecular weight excluding hydrogens is 270 g/mol. The van der Waals surface area contributed by atoms with E-state index in [0.29, 0.717) is 18.4 Å². The van der Waals surface area contributed by atoms with Crippen molar-refractivity contribution in [2.45, 2.75) is 17.7 Å². The van der Waals surface area contributed by atoms with Crippen LogP contribution in [0.25, 0.3) is 0 Å². The van der Waals surface area contributed by atoms with E-state index in [4.69, 9.17) is 4.74 Å². The molecule has 2 aliphatic rings. The Balaban J connectivity index is 1.46. The molecule has 2 aliphatic carbocycles. The Morgan fingerprint density at radius 1 is 1.30 bits per heavy atom. The highest BCUT2D eigenvalue weighted by Gasteiger charge is 2.36. The molecular formula is C16H19NO2S. The summed E-state index contributed by atoms with van der Waals surface area (Å²) >= 11 is 1.68. The first-order valence-corrected chi connectivity index (χ1v) is 8.23. The summed E-state index contributed by atoms with van der Waals surface area (Å²) < 4.78 is 5.35. The first kappa shape index (κ1) is 13.6. The second kappa shape index (κ2) is 5.92. The SMILES string of the molecule is CSc1ccc(NC(=O)OC[C@H]2C[C@H]3C=C[C@H]2C3)cc1. The van der Waals surface area contributed by atoms with E-state index in [1.54, 1.807) is 11.8 Å². The minimum atomic E-state index is -0.353. The number of hydrogen-bond donors (Lipinski definition) is 1. The largest absolute Gasteiger partial charge is 0.449 e. The van der Waals surface area contributed by atoms with Crippen LogP contribution in [0.5, 0.6) is 0 Å². The normalized spacial score (nSPS) is 26.8. The third kappa shape index (κ3) is 3.01. The van der Waals surface area contributed by atoms with E-state index >= 15 is 0 Å². The fourth-order valence-corrected chi connectivity index (χ4v) is 3.51. The van der Waals surface area contributed by atoms with Gasteiger partial charge in [-0.3, -0.25) is 5.32 Å². The average molecular weight is 289 g/mol. The zero-order valence-electron chi connectivity index (χ0n) is 11.5. The number of ether oxygens (including phenoxy) is 1. The van der Waals surface area contributed by atoms with Crippen LogP contribution in [0.2, 0.25) is 0 Å². The van der Waals surface area contributed by atoms with Gasteiger partial charge in [-0.05, 0) is 55.2 Å². The van der Waals surface area contributed by atoms with Gasteiger partial charge in [-0.25, -0.2) is 4.79 Å². The van der Waals surface area contributed by atoms with Crippen LogP contribution < -0.4 is 5.32 Å². The monoisotopic (exact) mass is 289 g/mol. The van der Waals surface area contributed by atoms with Gasteiger partial charge in [-0.1, -0.05) is 12.2 Å². The number of fused-ring (bicyclic) bond motifs is 2. The van der Waals surface area contributed by atoms with Crippen LogP contribution >= 0.6 is 11.8 Å². The van der Waals surface area contributed by atoms with Gasteiger partial charge in [-0.15, -0.1) is 11.8 Å². The van der Waals surface area contributed by atoms with Crippen LogP contribution in [-0.2, 0) is 4.74 Å². The maximum atomic E-state index is 11.8. The number of rotatable bonds is 4. The van der Waals surface area contributed by atoms with E-state index in [9.17, 15) is 4.79 Å². The van der Waals surface area contributed by atoms with Crippen LogP contribution in [0.1, 0.15) is 12.8 Å². The van der Waals surface area contributed by atoms with Crippen LogP contribution in [-0.4, -0.2) is 19.0 Å². The molecule has 0 saturated heterocycles. The van der Waals surface area contributed by atoms with Crippen molar-refractivity contribution in [2.75, 3.05) is 18.2 Å². The van der Waals surface area contributed by atoms with Crippen molar-refractivity contribution in [3.8, 4) is 0 Å². The second-order valence-corrected chi connectivity index (χ2v) is 6.37. The number of hydrogen-bond acceptors (Lipinski definition) is 3. The predicted molar refractivity (Wildman–Crippen MR) is 82.0 cm³/mol. The lowest BCUT2D eigenvalue weighted by atomic mass is 9.95. The summed E-state index contributed by atoms with van der Waals surface area (Å²) in [6, 6.07) is 7.77. The summed E-state index contributed by atoms with van der Waals surface area (Å²) in [5.74, 6) is 1.85. The van der Waals surface area contributed by atoms with Gasteiger partial charge in [0.25, 0.3) is 0 Å². The molecule has 0 radical (unpaired) electrons. The molecule has 1 amide bonds. The lowest BCUT2D eigenvalue weighted by molar-refractivity contribution is 0.134. The maximum Gasteiger partial charge on any atom is 0.411 e. The molecule has 2 bridgehead atoms. The molecule has 0 heterocycles. The van der Waals surface area contributed by atoms with Crippen LogP contribution in [0.3, 0.4) is 0 Å². The van der Waals surface area contributed by atoms with E-state index in [0.717, 1.165) is 18.0 Å². The number of benzene rings is 1. The van der Waals surface area contributed by atoms with Gasteiger partial charge in [-0.2, -0.15) is 0 Å². The summed E-state index contributed by atoms with van der Waals surface area (Å²) in [4.78, 5) is 13.0. The summed E-state index contributed by atoms with van der Waals surface area (Å²) in [6.07, 6.45) is 8.66. The highest BCUT2D eigenvalue weighted by molar-refractivity contribution is 7.98. The second-order valence-electron chi connectivity index (χ2n) is 5.49. The zero-order valence-corrected chi connectivity index (χ0v) is 12.4. The summed E-state index contributed by atoms with van der Waals surface area (Å²) in [5, 5.41) is 2.77. The zero-order chi connectivity index (χ0) is 13.9. The molecule has 1 N–H and O–H groups in total. The third-order valence-electron chi connectivity index (χ3n) is 4.18. The fourth-order valence-electron chi connectivity index (χ4n) is 3.10. The number of nitrogens with one attached hydrogen (secondary N) is 1. The summed E-state index contributed by atoms with van der Waals surface area (Å²) in [5.41, 5.74) is 0.778. The van der Waals surface area contributed by atoms with E-state index < -0.39 is 0 Å². The standard InChI is InChI=1S/C16H19NO2S/c1-20-15-6-4-14(5-7-15)17-16(18)19-10-13-9-11-2-3-12(13)8-11/h2-7,11-13H,8-10H2,1H3,(H,17,18)/t11-,12-,13+/m0/s1. The van der Waals surface area contributed by atoms with E-state index in [-0.39, 0.29) is 6.09 Å². The van der Waals surface area contributed by atoms with Gasteiger partial charge in [0.2, 0.25) is 0 Å². The van der Waals surface area contributed by atoms with Gasteiger partial charge < -0.3 is 4.74 Å². The molecule has 106 valence electrons. The van der Waals surface area contributed by atoms with Crippen molar-refractivity contribution < 1.29 is 9.53 Å². The van der Waals surface area contributed by atoms with Crippen molar-refractivity contribution in [3.63, 3.8) is 0 Å². The van der Waals surface area contributed by atoms with Gasteiger partial charge in [0.05, 0.1) is 6.61 Å². The van der Waals surface area contributed by atoms with E-state index in [1.165, 1.54) is 11.3 Å². The molecule has 0 aromatic heterocycles. The number of amides is 1. The Hall–Kier alpha value is -1.42. The minimum absolute atomic E-state index is 0.353. The fraction of sp³-hybridized carbons (Fsp3) is 0.438. The number of anilines is 1. The molecule has 3 atom stereocenters. The van der Waals surface area contributed by atoms with Crippen molar-refractivity contribution in [3.05, 3.63) is 36.4 Å². The Kier molecular flexibility index (Phi) is 4.01. The van der Waals surface area contributed by atoms with Gasteiger partial charge >= 0.3 is 6.09 Å². The summed E-state index contributed by atoms with van der Waals surface area (Å²) in [7, 11) is 0. The molecule has 1 saturated carbocycles. The van der Waals surface area contributed by atoms with Crippen LogP contribution in [0, 0.1) is 17.8 Å². The van der Waals surface area contributed by atoms with Crippen molar-refractivity contribution in [2.24, 2.45) is 17.8 Å². The third-order valence-corrected chi connectivity index (χ3v) is 4.92. The maximum absolute atomic E-state index is 11.8. The molecule has 20 heavy (non-hydrogen) atoms. The van der Waals surface area contributed by atoms with E-state index in [1.807, 2.05) is 30.5 Å². The van der Waals surface area contributed by atoms with Crippen LogP contribution in [0.4, 0.5) is 10.5 Å². The Bertz CT molecular complexity index is 512. The molecule has 1 aromatic rings. The average Bonchev–Trinajstić information content (AvgIpc) is 3.08. The molecule has 3 rings (SSSR count). The van der Waals surface area contributed by atoms with Gasteiger partial charge in [0.1, 0.15) is 0 Å². The number of thioether (sulfide) groups is 1. The number of allylic oxidation sites excluding steroid dienone is 2. The molecule has 0 aliphatic heterocycles. The van der Waals surface area contributed by atoms with Gasteiger partial charge in [0.15, 0.2) is 0 Å². The lowest BCUT2D eigenvalue weighted by Crippen LogP contribution is -2.21. The Labute approximate surface area is 123 Å². The molecule has 4 heteroatoms. The van der Waals surface area contributed by atoms with E-state index in [2.05, 4.69) is 17.5 Å². The van der Waals surface area contributed by atoms with Gasteiger partial charge in [0, 0.05) is 16.5 Å². The highest BCUT2D eigenvalue weighted by atomic mass is 32.2. The molecule has 1 aromatic carbocycles. The minimum Gasteiger partial charge on any atom is -0.449 e. The quantitative estimate of drug-likeness (QED) is 0.668. The smallest absolute Gasteiger partial charge is 0.411 e. The number of carbonyl (C=O) groups excluding carboxylic acids is 1. The first-order valence-electron chi connectivity index (χ1n) is 7.01. The molecule has 3 nitrogen and oxygen atoms in total. The topological polar surface area (TPSA) is 38.3 Å². The van der Waals surface area contributed by atoms with Crippen molar-refractivity contribution >= 4 is 23.5 Å². The molecule has 0 spiro atoms. The lowest BCUT2D eigenvalue weighted by Gasteiger charge is -2.17.